The third-order valence-corrected chi connectivity index (χ3v) is 5.96. The Morgan fingerprint density at radius 1 is 1.00 bits per heavy atom. The molecule has 38 heavy (non-hydrogen) atoms. The number of benzene rings is 3. The predicted molar refractivity (Wildman–Crippen MR) is 134 cm³/mol. The molecule has 0 atom stereocenters. The minimum absolute atomic E-state index is 0.0434. The summed E-state index contributed by atoms with van der Waals surface area (Å²) >= 11 is 6.36. The van der Waals surface area contributed by atoms with E-state index in [4.69, 9.17) is 25.8 Å². The second kappa shape index (κ2) is 10.7. The minimum Gasteiger partial charge on any atom is -0.496 e. The summed E-state index contributed by atoms with van der Waals surface area (Å²) in [4.78, 5) is 61.9. The van der Waals surface area contributed by atoms with Gasteiger partial charge >= 0.3 is 11.9 Å². The van der Waals surface area contributed by atoms with E-state index in [2.05, 4.69) is 0 Å². The number of rotatable bonds is 8. The number of fused-ring (bicyclic) bond motifs is 1. The van der Waals surface area contributed by atoms with Crippen LogP contribution in [0.4, 0.5) is 11.4 Å². The molecule has 0 N–H and O–H groups in total. The van der Waals surface area contributed by atoms with Crippen molar-refractivity contribution in [3.8, 4) is 5.75 Å². The molecule has 11 nitrogen and oxygen atoms in total. The summed E-state index contributed by atoms with van der Waals surface area (Å²) in [7, 11) is 1.27. The number of carbonyl (C=O) groups excluding carboxylic acids is 4. The first kappa shape index (κ1) is 26.3. The molecule has 1 aliphatic heterocycles. The van der Waals surface area contributed by atoms with Gasteiger partial charge in [-0.25, -0.2) is 14.5 Å². The highest BCUT2D eigenvalue weighted by molar-refractivity contribution is 6.40. The van der Waals surface area contributed by atoms with Gasteiger partial charge in [0.05, 0.1) is 40.5 Å². The Bertz CT molecular complexity index is 1480. The van der Waals surface area contributed by atoms with Gasteiger partial charge in [0, 0.05) is 12.1 Å². The van der Waals surface area contributed by atoms with Gasteiger partial charge in [0.15, 0.2) is 0 Å². The molecule has 1 aliphatic rings. The van der Waals surface area contributed by atoms with Gasteiger partial charge in [-0.05, 0) is 36.8 Å². The van der Waals surface area contributed by atoms with Gasteiger partial charge in [0.1, 0.15) is 23.5 Å². The highest BCUT2D eigenvalue weighted by Crippen LogP contribution is 2.40. The van der Waals surface area contributed by atoms with Crippen LogP contribution in [-0.4, -0.2) is 42.4 Å². The number of ether oxygens (including phenoxy) is 3. The summed E-state index contributed by atoms with van der Waals surface area (Å²) in [5.74, 6) is -3.05. The van der Waals surface area contributed by atoms with Gasteiger partial charge in [0.2, 0.25) is 0 Å². The summed E-state index contributed by atoms with van der Waals surface area (Å²) in [5, 5.41) is 11.2. The smallest absolute Gasteiger partial charge is 0.342 e. The van der Waals surface area contributed by atoms with Crippen LogP contribution in [-0.2, 0) is 16.1 Å². The van der Waals surface area contributed by atoms with Crippen molar-refractivity contribution in [2.75, 3.05) is 18.6 Å². The fraction of sp³-hybridized carbons (Fsp3) is 0.154. The number of hydrogen-bond acceptors (Lipinski definition) is 9. The molecule has 0 unspecified atom stereocenters. The summed E-state index contributed by atoms with van der Waals surface area (Å²) in [5.41, 5.74) is -0.249. The molecule has 0 fully saturated rings. The monoisotopic (exact) mass is 538 g/mol. The Morgan fingerprint density at radius 3 is 2.34 bits per heavy atom. The van der Waals surface area contributed by atoms with Crippen molar-refractivity contribution in [3.05, 3.63) is 97.6 Å². The van der Waals surface area contributed by atoms with E-state index in [-0.39, 0.29) is 46.4 Å². The molecule has 0 saturated carbocycles. The molecule has 0 aromatic heterocycles. The van der Waals surface area contributed by atoms with E-state index in [1.807, 2.05) is 0 Å². The maximum absolute atomic E-state index is 13.0. The van der Waals surface area contributed by atoms with Crippen LogP contribution >= 0.6 is 11.6 Å². The molecular formula is C26H19ClN2O9. The summed E-state index contributed by atoms with van der Waals surface area (Å²) in [6.45, 7) is 1.81. The summed E-state index contributed by atoms with van der Waals surface area (Å²) < 4.78 is 15.6. The van der Waals surface area contributed by atoms with Gasteiger partial charge in [-0.1, -0.05) is 29.8 Å². The molecule has 1 heterocycles. The summed E-state index contributed by atoms with van der Waals surface area (Å²) in [6, 6.07) is 12.4. The van der Waals surface area contributed by atoms with E-state index in [1.165, 1.54) is 31.4 Å². The molecule has 194 valence electrons. The number of hydrogen-bond donors (Lipinski definition) is 0. The molecule has 12 heteroatoms. The first-order chi connectivity index (χ1) is 18.2. The van der Waals surface area contributed by atoms with Gasteiger partial charge in [0.25, 0.3) is 17.5 Å². The third kappa shape index (κ3) is 4.78. The average Bonchev–Trinajstić information content (AvgIpc) is 3.17. The van der Waals surface area contributed by atoms with Crippen LogP contribution in [0.3, 0.4) is 0 Å². The normalized spacial score (nSPS) is 12.2. The van der Waals surface area contributed by atoms with Crippen molar-refractivity contribution in [2.24, 2.45) is 0 Å². The van der Waals surface area contributed by atoms with Crippen molar-refractivity contribution in [1.82, 2.24) is 0 Å². The Morgan fingerprint density at radius 2 is 1.71 bits per heavy atom. The van der Waals surface area contributed by atoms with E-state index in [1.54, 1.807) is 31.2 Å². The van der Waals surface area contributed by atoms with Crippen molar-refractivity contribution < 1.29 is 38.3 Å². The maximum atomic E-state index is 13.0. The van der Waals surface area contributed by atoms with Crippen LogP contribution in [0, 0.1) is 10.1 Å². The van der Waals surface area contributed by atoms with Crippen molar-refractivity contribution in [2.45, 2.75) is 13.5 Å². The van der Waals surface area contributed by atoms with Crippen LogP contribution in [0.5, 0.6) is 5.75 Å². The number of nitrogens with zero attached hydrogens (tertiary/aromatic N) is 2. The second-order valence-corrected chi connectivity index (χ2v) is 8.31. The molecule has 4 rings (SSSR count). The first-order valence-corrected chi connectivity index (χ1v) is 11.5. The number of nitro benzene ring substituents is 1. The predicted octanol–water partition coefficient (Wildman–Crippen LogP) is 4.59. The third-order valence-electron chi connectivity index (χ3n) is 5.65. The van der Waals surface area contributed by atoms with Crippen LogP contribution < -0.4 is 9.64 Å². The fourth-order valence-corrected chi connectivity index (χ4v) is 4.11. The number of nitro groups is 1. The SMILES string of the molecule is CCOC(=O)c1ccc(COC(=O)c2cc(Cl)c(N3C(=O)c4cccc([N+](=O)[O-])c4C3=O)cc2OC)cc1. The lowest BCUT2D eigenvalue weighted by Gasteiger charge is -2.18. The van der Waals surface area contributed by atoms with Gasteiger partial charge < -0.3 is 14.2 Å². The van der Waals surface area contributed by atoms with E-state index in [9.17, 15) is 29.3 Å². The van der Waals surface area contributed by atoms with Crippen molar-refractivity contribution in [3.63, 3.8) is 0 Å². The number of imide groups is 1. The number of amides is 2. The van der Waals surface area contributed by atoms with Gasteiger partial charge in [-0.2, -0.15) is 0 Å². The molecule has 0 aliphatic carbocycles. The van der Waals surface area contributed by atoms with Crippen LogP contribution in [0.25, 0.3) is 0 Å². The van der Waals surface area contributed by atoms with Crippen molar-refractivity contribution >= 4 is 46.7 Å². The fourth-order valence-electron chi connectivity index (χ4n) is 3.86. The number of anilines is 1. The molecule has 0 radical (unpaired) electrons. The van der Waals surface area contributed by atoms with Crippen LogP contribution in [0.15, 0.2) is 54.6 Å². The van der Waals surface area contributed by atoms with E-state index < -0.39 is 34.4 Å². The van der Waals surface area contributed by atoms with Crippen LogP contribution in [0.2, 0.25) is 5.02 Å². The number of carbonyl (C=O) groups is 4. The highest BCUT2D eigenvalue weighted by atomic mass is 35.5. The Hall–Kier alpha value is -4.77. The lowest BCUT2D eigenvalue weighted by atomic mass is 10.1. The maximum Gasteiger partial charge on any atom is 0.342 e. The quantitative estimate of drug-likeness (QED) is 0.174. The zero-order valence-corrected chi connectivity index (χ0v) is 20.8. The molecule has 0 spiro atoms. The van der Waals surface area contributed by atoms with E-state index >= 15 is 0 Å². The zero-order chi connectivity index (χ0) is 27.6. The molecule has 3 aromatic rings. The molecule has 0 saturated heterocycles. The molecular weight excluding hydrogens is 520 g/mol. The minimum atomic E-state index is -0.928. The largest absolute Gasteiger partial charge is 0.496 e. The van der Waals surface area contributed by atoms with E-state index in [0.29, 0.717) is 16.0 Å². The lowest BCUT2D eigenvalue weighted by Crippen LogP contribution is -2.30. The standard InChI is InChI=1S/C26H19ClN2O9/c1-3-37-25(32)15-9-7-14(8-10-15)13-38-26(33)17-11-18(27)20(12-21(17)36-2)28-23(30)16-5-4-6-19(29(34)35)22(16)24(28)31/h4-12H,3,13H2,1-2H3. The molecule has 3 aromatic carbocycles. The average molecular weight is 539 g/mol. The number of esters is 2. The van der Waals surface area contributed by atoms with Gasteiger partial charge in [-0.3, -0.25) is 19.7 Å². The number of halogens is 1. The first-order valence-electron chi connectivity index (χ1n) is 11.1. The molecule has 0 bridgehead atoms. The topological polar surface area (TPSA) is 142 Å². The van der Waals surface area contributed by atoms with Crippen molar-refractivity contribution in [1.29, 1.82) is 0 Å². The number of methoxy groups -OCH3 is 1. The summed E-state index contributed by atoms with van der Waals surface area (Å²) in [6.07, 6.45) is 0. The van der Waals surface area contributed by atoms with Gasteiger partial charge in [-0.15, -0.1) is 0 Å². The van der Waals surface area contributed by atoms with Crippen LogP contribution in [0.1, 0.15) is 53.9 Å². The Labute approximate surface area is 220 Å². The molecule has 2 amide bonds. The Balaban J connectivity index is 1.57. The second-order valence-electron chi connectivity index (χ2n) is 7.90. The van der Waals surface area contributed by atoms with E-state index in [0.717, 1.165) is 6.07 Å². The zero-order valence-electron chi connectivity index (χ0n) is 20.1. The Kier molecular flexibility index (Phi) is 7.40. The lowest BCUT2D eigenvalue weighted by molar-refractivity contribution is -0.385. The highest BCUT2D eigenvalue weighted by Gasteiger charge is 2.43.